The van der Waals surface area contributed by atoms with Crippen molar-refractivity contribution < 1.29 is 9.53 Å². The molecule has 1 aromatic heterocycles. The molecule has 0 saturated heterocycles. The Morgan fingerprint density at radius 2 is 1.88 bits per heavy atom. The van der Waals surface area contributed by atoms with Gasteiger partial charge in [0.15, 0.2) is 0 Å². The summed E-state index contributed by atoms with van der Waals surface area (Å²) in [5.41, 5.74) is 2.41. The number of nitrogens with one attached hydrogen (secondary N) is 1. The third-order valence-corrected chi connectivity index (χ3v) is 5.23. The zero-order valence-corrected chi connectivity index (χ0v) is 14.9. The maximum atomic E-state index is 12.6. The van der Waals surface area contributed by atoms with E-state index < -0.39 is 0 Å². The van der Waals surface area contributed by atoms with Crippen LogP contribution in [0.15, 0.2) is 48.8 Å². The van der Waals surface area contributed by atoms with Crippen LogP contribution in [0.1, 0.15) is 55.7 Å². The monoisotopic (exact) mass is 338 g/mol. The summed E-state index contributed by atoms with van der Waals surface area (Å²) >= 11 is 0. The molecule has 132 valence electrons. The Bertz CT molecular complexity index is 694. The van der Waals surface area contributed by atoms with Gasteiger partial charge in [-0.05, 0) is 73.9 Å². The average molecular weight is 338 g/mol. The fourth-order valence-electron chi connectivity index (χ4n) is 3.65. The number of ether oxygens (including phenoxy) is 1. The first-order valence-electron chi connectivity index (χ1n) is 9.01. The summed E-state index contributed by atoms with van der Waals surface area (Å²) in [6.45, 7) is 2.02. The van der Waals surface area contributed by atoms with E-state index in [0.29, 0.717) is 5.92 Å². The number of rotatable bonds is 5. The fraction of sp³-hybridized carbons (Fsp3) is 0.429. The van der Waals surface area contributed by atoms with E-state index in [1.54, 1.807) is 7.11 Å². The van der Waals surface area contributed by atoms with Crippen molar-refractivity contribution >= 4 is 5.91 Å². The summed E-state index contributed by atoms with van der Waals surface area (Å²) in [6, 6.07) is 12.0. The van der Waals surface area contributed by atoms with E-state index in [0.717, 1.165) is 37.0 Å². The van der Waals surface area contributed by atoms with Crippen LogP contribution < -0.4 is 10.1 Å². The molecule has 1 atom stereocenters. The van der Waals surface area contributed by atoms with Crippen LogP contribution in [-0.2, 0) is 4.79 Å². The molecular formula is C21H26N2O2. The first-order valence-corrected chi connectivity index (χ1v) is 9.01. The number of aromatic nitrogens is 1. The lowest BCUT2D eigenvalue weighted by Gasteiger charge is -2.29. The Morgan fingerprint density at radius 3 is 2.56 bits per heavy atom. The molecule has 0 unspecified atom stereocenters. The minimum absolute atomic E-state index is 0.0134. The van der Waals surface area contributed by atoms with E-state index in [4.69, 9.17) is 4.74 Å². The molecular weight excluding hydrogens is 312 g/mol. The van der Waals surface area contributed by atoms with E-state index in [-0.39, 0.29) is 17.9 Å². The van der Waals surface area contributed by atoms with E-state index in [1.807, 2.05) is 43.6 Å². The Balaban J connectivity index is 1.54. The van der Waals surface area contributed by atoms with Gasteiger partial charge in [-0.25, -0.2) is 0 Å². The van der Waals surface area contributed by atoms with Gasteiger partial charge < -0.3 is 10.1 Å². The van der Waals surface area contributed by atoms with Crippen molar-refractivity contribution in [2.45, 2.75) is 44.6 Å². The zero-order valence-electron chi connectivity index (χ0n) is 14.9. The summed E-state index contributed by atoms with van der Waals surface area (Å²) in [4.78, 5) is 16.7. The van der Waals surface area contributed by atoms with E-state index >= 15 is 0 Å². The van der Waals surface area contributed by atoms with Gasteiger partial charge in [-0.2, -0.15) is 0 Å². The molecule has 3 rings (SSSR count). The van der Waals surface area contributed by atoms with E-state index in [9.17, 15) is 4.79 Å². The Labute approximate surface area is 149 Å². The predicted molar refractivity (Wildman–Crippen MR) is 98.5 cm³/mol. The Kier molecular flexibility index (Phi) is 5.69. The van der Waals surface area contributed by atoms with Crippen molar-refractivity contribution in [2.24, 2.45) is 5.92 Å². The molecule has 1 amide bonds. The quantitative estimate of drug-likeness (QED) is 0.887. The maximum Gasteiger partial charge on any atom is 0.223 e. The lowest BCUT2D eigenvalue weighted by atomic mass is 9.78. The summed E-state index contributed by atoms with van der Waals surface area (Å²) in [5.74, 6) is 1.66. The topological polar surface area (TPSA) is 51.2 Å². The molecule has 1 N–H and O–H groups in total. The largest absolute Gasteiger partial charge is 0.497 e. The van der Waals surface area contributed by atoms with Gasteiger partial charge in [0.25, 0.3) is 0 Å². The molecule has 25 heavy (non-hydrogen) atoms. The van der Waals surface area contributed by atoms with Crippen LogP contribution in [0.5, 0.6) is 5.75 Å². The molecule has 2 aromatic rings. The molecule has 4 heteroatoms. The number of carbonyl (C=O) groups is 1. The van der Waals surface area contributed by atoms with Gasteiger partial charge in [0, 0.05) is 18.3 Å². The third-order valence-electron chi connectivity index (χ3n) is 5.23. The summed E-state index contributed by atoms with van der Waals surface area (Å²) in [5, 5.41) is 3.17. The highest BCUT2D eigenvalue weighted by molar-refractivity contribution is 5.79. The number of carbonyl (C=O) groups excluding carboxylic acids is 1. The minimum Gasteiger partial charge on any atom is -0.497 e. The lowest BCUT2D eigenvalue weighted by Crippen LogP contribution is -2.34. The van der Waals surface area contributed by atoms with Gasteiger partial charge in [0.05, 0.1) is 13.2 Å². The highest BCUT2D eigenvalue weighted by atomic mass is 16.5. The van der Waals surface area contributed by atoms with Crippen LogP contribution in [0.3, 0.4) is 0 Å². The normalized spacial score (nSPS) is 21.4. The summed E-state index contributed by atoms with van der Waals surface area (Å²) in [6.07, 6.45) is 7.73. The first-order chi connectivity index (χ1) is 12.2. The van der Waals surface area contributed by atoms with Gasteiger partial charge in [0.1, 0.15) is 5.75 Å². The minimum atomic E-state index is -0.0134. The van der Waals surface area contributed by atoms with Gasteiger partial charge >= 0.3 is 0 Å². The first kappa shape index (κ1) is 17.5. The maximum absolute atomic E-state index is 12.6. The average Bonchev–Trinajstić information content (AvgIpc) is 2.68. The third kappa shape index (κ3) is 4.38. The van der Waals surface area contributed by atoms with E-state index in [2.05, 4.69) is 22.4 Å². The molecule has 1 fully saturated rings. The number of methoxy groups -OCH3 is 1. The smallest absolute Gasteiger partial charge is 0.223 e. The van der Waals surface area contributed by atoms with Crippen LogP contribution in [-0.4, -0.2) is 18.0 Å². The molecule has 4 nitrogen and oxygen atoms in total. The van der Waals surface area contributed by atoms with Gasteiger partial charge in [0.2, 0.25) is 5.91 Å². The molecule has 0 aliphatic heterocycles. The van der Waals surface area contributed by atoms with Crippen LogP contribution in [0.25, 0.3) is 0 Å². The molecule has 1 aliphatic carbocycles. The van der Waals surface area contributed by atoms with Gasteiger partial charge in [-0.15, -0.1) is 0 Å². The Morgan fingerprint density at radius 1 is 1.16 bits per heavy atom. The number of amides is 1. The number of hydrogen-bond acceptors (Lipinski definition) is 3. The summed E-state index contributed by atoms with van der Waals surface area (Å²) < 4.78 is 5.26. The van der Waals surface area contributed by atoms with Crippen molar-refractivity contribution in [1.82, 2.24) is 10.3 Å². The Hall–Kier alpha value is -2.36. The predicted octanol–water partition coefficient (Wildman–Crippen LogP) is 4.24. The van der Waals surface area contributed by atoms with Crippen molar-refractivity contribution in [2.75, 3.05) is 7.11 Å². The molecule has 1 heterocycles. The van der Waals surface area contributed by atoms with Crippen molar-refractivity contribution in [3.63, 3.8) is 0 Å². The standard InChI is InChI=1S/C21H26N2O2/c1-15(19-4-3-5-20(14-19)25-2)23-21(24)18-8-6-16(7-9-18)17-10-12-22-13-11-17/h3-5,10-16,18H,6-9H2,1-2H3,(H,23,24)/t15-,16?,18?/m1/s1. The summed E-state index contributed by atoms with van der Waals surface area (Å²) in [7, 11) is 1.66. The van der Waals surface area contributed by atoms with Crippen LogP contribution in [0, 0.1) is 5.92 Å². The van der Waals surface area contributed by atoms with Gasteiger partial charge in [-0.3, -0.25) is 9.78 Å². The number of nitrogens with zero attached hydrogens (tertiary/aromatic N) is 1. The second-order valence-corrected chi connectivity index (χ2v) is 6.84. The molecule has 0 bridgehead atoms. The number of benzene rings is 1. The SMILES string of the molecule is COc1cccc([C@@H](C)NC(=O)C2CCC(c3ccncc3)CC2)c1. The molecule has 1 saturated carbocycles. The van der Waals surface area contributed by atoms with E-state index in [1.165, 1.54) is 5.56 Å². The number of pyridine rings is 1. The highest BCUT2D eigenvalue weighted by Gasteiger charge is 2.27. The second-order valence-electron chi connectivity index (χ2n) is 6.84. The van der Waals surface area contributed by atoms with Gasteiger partial charge in [-0.1, -0.05) is 12.1 Å². The van der Waals surface area contributed by atoms with Crippen molar-refractivity contribution in [3.05, 3.63) is 59.9 Å². The molecule has 0 spiro atoms. The van der Waals surface area contributed by atoms with Crippen LogP contribution in [0.4, 0.5) is 0 Å². The second kappa shape index (κ2) is 8.15. The van der Waals surface area contributed by atoms with Crippen LogP contribution in [0.2, 0.25) is 0 Å². The molecule has 0 radical (unpaired) electrons. The fourth-order valence-corrected chi connectivity index (χ4v) is 3.65. The van der Waals surface area contributed by atoms with Crippen LogP contribution >= 0.6 is 0 Å². The highest BCUT2D eigenvalue weighted by Crippen LogP contribution is 2.35. The molecule has 1 aromatic carbocycles. The van der Waals surface area contributed by atoms with Crippen molar-refractivity contribution in [1.29, 1.82) is 0 Å². The number of hydrogen-bond donors (Lipinski definition) is 1. The van der Waals surface area contributed by atoms with Crippen molar-refractivity contribution in [3.8, 4) is 5.75 Å². The lowest BCUT2D eigenvalue weighted by molar-refractivity contribution is -0.126. The zero-order chi connectivity index (χ0) is 17.6. The molecule has 1 aliphatic rings.